The van der Waals surface area contributed by atoms with Gasteiger partial charge in [0.05, 0.1) is 5.39 Å². The van der Waals surface area contributed by atoms with Gasteiger partial charge in [-0.1, -0.05) is 6.42 Å². The van der Waals surface area contributed by atoms with Crippen molar-refractivity contribution in [2.45, 2.75) is 50.7 Å². The quantitative estimate of drug-likeness (QED) is 0.769. The second-order valence-corrected chi connectivity index (χ2v) is 8.16. The molecule has 2 aliphatic carbocycles. The van der Waals surface area contributed by atoms with Gasteiger partial charge in [0.15, 0.2) is 0 Å². The van der Waals surface area contributed by atoms with Crippen LogP contribution in [0.1, 0.15) is 32.1 Å². The maximum Gasteiger partial charge on any atom is 0.332 e. The van der Waals surface area contributed by atoms with Crippen LogP contribution in [0.15, 0.2) is 21.9 Å². The molecule has 2 fully saturated rings. The second-order valence-electron chi connectivity index (χ2n) is 8.16. The Morgan fingerprint density at radius 1 is 1.18 bits per heavy atom. The van der Waals surface area contributed by atoms with E-state index in [2.05, 4.69) is 5.32 Å². The van der Waals surface area contributed by atoms with Crippen LogP contribution in [0.2, 0.25) is 0 Å². The van der Waals surface area contributed by atoms with E-state index in [1.165, 1.54) is 18.0 Å². The molecule has 0 radical (unpaired) electrons. The smallest absolute Gasteiger partial charge is 0.332 e. The van der Waals surface area contributed by atoms with E-state index >= 15 is 0 Å². The van der Waals surface area contributed by atoms with E-state index in [4.69, 9.17) is 5.73 Å². The number of nitrogens with zero attached hydrogens (tertiary/aromatic N) is 3. The molecule has 28 heavy (non-hydrogen) atoms. The number of fused-ring (bicyclic) bond motifs is 3. The number of carbonyl (C=O) groups excluding carboxylic acids is 1. The first kappa shape index (κ1) is 20.7. The molecule has 2 bridgehead atoms. The van der Waals surface area contributed by atoms with Gasteiger partial charge in [0, 0.05) is 32.4 Å². The zero-order valence-corrected chi connectivity index (χ0v) is 17.1. The van der Waals surface area contributed by atoms with Gasteiger partial charge in [-0.25, -0.2) is 4.79 Å². The minimum absolute atomic E-state index is 0. The molecule has 1 amide bonds. The van der Waals surface area contributed by atoms with Crippen molar-refractivity contribution in [3.8, 4) is 0 Å². The molecule has 0 spiro atoms. The Morgan fingerprint density at radius 3 is 2.46 bits per heavy atom. The highest BCUT2D eigenvalue weighted by molar-refractivity contribution is 5.85. The lowest BCUT2D eigenvalue weighted by Crippen LogP contribution is -2.54. The molecule has 2 heterocycles. The van der Waals surface area contributed by atoms with Gasteiger partial charge in [0.25, 0.3) is 5.56 Å². The fourth-order valence-electron chi connectivity index (χ4n) is 5.13. The number of halogens is 1. The molecule has 0 aliphatic heterocycles. The number of hydrogen-bond acceptors (Lipinski definition) is 4. The minimum atomic E-state index is -0.399. The zero-order chi connectivity index (χ0) is 19.3. The third-order valence-corrected chi connectivity index (χ3v) is 6.38. The lowest BCUT2D eigenvalue weighted by atomic mass is 9.67. The Morgan fingerprint density at radius 2 is 1.82 bits per heavy atom. The highest BCUT2D eigenvalue weighted by atomic mass is 35.5. The Balaban J connectivity index is 0.00000225. The van der Waals surface area contributed by atoms with E-state index in [0.29, 0.717) is 22.9 Å². The summed E-state index contributed by atoms with van der Waals surface area (Å²) in [5.41, 5.74) is 5.90. The van der Waals surface area contributed by atoms with Crippen LogP contribution in [-0.2, 0) is 25.4 Å². The molecule has 2 aromatic rings. The van der Waals surface area contributed by atoms with Crippen LogP contribution in [0.4, 0.5) is 0 Å². The molecular formula is C19H28ClN5O3. The third-order valence-electron chi connectivity index (χ3n) is 6.38. The number of aryl methyl sites for hydroxylation is 1. The van der Waals surface area contributed by atoms with Crippen molar-refractivity contribution < 1.29 is 4.79 Å². The van der Waals surface area contributed by atoms with Gasteiger partial charge in [-0.2, -0.15) is 0 Å². The number of carbonyl (C=O) groups is 1. The summed E-state index contributed by atoms with van der Waals surface area (Å²) in [5, 5.41) is 3.66. The van der Waals surface area contributed by atoms with Crippen LogP contribution in [0.25, 0.3) is 11.0 Å². The molecule has 4 rings (SSSR count). The van der Waals surface area contributed by atoms with Gasteiger partial charge in [-0.15, -0.1) is 12.4 Å². The van der Waals surface area contributed by atoms with Gasteiger partial charge in [-0.05, 0) is 43.6 Å². The first-order valence-electron chi connectivity index (χ1n) is 9.66. The number of aromatic nitrogens is 3. The Hall–Kier alpha value is -2.06. The van der Waals surface area contributed by atoms with Crippen LogP contribution >= 0.6 is 12.4 Å². The van der Waals surface area contributed by atoms with E-state index in [-0.39, 0.29) is 42.5 Å². The highest BCUT2D eigenvalue weighted by Gasteiger charge is 2.39. The van der Waals surface area contributed by atoms with Crippen LogP contribution in [0, 0.1) is 11.8 Å². The lowest BCUT2D eigenvalue weighted by Gasteiger charge is -2.45. The monoisotopic (exact) mass is 409 g/mol. The van der Waals surface area contributed by atoms with Crippen molar-refractivity contribution in [1.29, 1.82) is 0 Å². The Labute approximate surface area is 169 Å². The molecule has 8 nitrogen and oxygen atoms in total. The molecule has 3 N–H and O–H groups in total. The normalized spacial score (nSPS) is 26.7. The Bertz CT molecular complexity index is 993. The molecule has 0 aromatic carbocycles. The van der Waals surface area contributed by atoms with E-state index in [1.54, 1.807) is 23.9 Å². The van der Waals surface area contributed by atoms with Crippen molar-refractivity contribution in [3.05, 3.63) is 33.1 Å². The average Bonchev–Trinajstić information content (AvgIpc) is 3.02. The third kappa shape index (κ3) is 3.39. The predicted octanol–water partition coefficient (Wildman–Crippen LogP) is 0.483. The number of rotatable bonds is 3. The highest BCUT2D eigenvalue weighted by Crippen LogP contribution is 2.39. The fraction of sp³-hybridized carbons (Fsp3) is 0.632. The van der Waals surface area contributed by atoms with E-state index in [1.807, 2.05) is 0 Å². The molecule has 2 aliphatic rings. The lowest BCUT2D eigenvalue weighted by molar-refractivity contribution is -0.124. The topological polar surface area (TPSA) is 104 Å². The van der Waals surface area contributed by atoms with Gasteiger partial charge in [0.2, 0.25) is 5.91 Å². The van der Waals surface area contributed by atoms with Gasteiger partial charge in [-0.3, -0.25) is 18.7 Å². The standard InChI is InChI=1S/C19H27N5O3.ClH/c1-22-17-14(18(26)23(2)19(22)27)6-7-24(17)10-15(25)21-16-11-4-3-5-12(16)9-13(20)8-11;/h6-7,11-13,16H,3-5,8-10,20H2,1-2H3,(H,21,25);1H. The van der Waals surface area contributed by atoms with Crippen molar-refractivity contribution in [1.82, 2.24) is 19.0 Å². The van der Waals surface area contributed by atoms with Gasteiger partial charge >= 0.3 is 5.69 Å². The number of nitrogens with one attached hydrogen (secondary N) is 1. The van der Waals surface area contributed by atoms with Gasteiger partial charge in [0.1, 0.15) is 12.2 Å². The van der Waals surface area contributed by atoms with Crippen LogP contribution < -0.4 is 22.3 Å². The summed E-state index contributed by atoms with van der Waals surface area (Å²) in [5.74, 6) is 0.821. The summed E-state index contributed by atoms with van der Waals surface area (Å²) >= 11 is 0. The molecular weight excluding hydrogens is 382 g/mol. The largest absolute Gasteiger partial charge is 0.351 e. The zero-order valence-electron chi connectivity index (χ0n) is 16.3. The summed E-state index contributed by atoms with van der Waals surface area (Å²) in [6, 6.07) is 2.09. The summed E-state index contributed by atoms with van der Waals surface area (Å²) in [4.78, 5) is 37.3. The van der Waals surface area contributed by atoms with Crippen LogP contribution in [0.3, 0.4) is 0 Å². The first-order valence-corrected chi connectivity index (χ1v) is 9.66. The molecule has 9 heteroatoms. The Kier molecular flexibility index (Phi) is 5.72. The summed E-state index contributed by atoms with van der Waals surface area (Å²) in [7, 11) is 3.08. The fourth-order valence-corrected chi connectivity index (χ4v) is 5.13. The molecule has 2 saturated carbocycles. The van der Waals surface area contributed by atoms with Crippen molar-refractivity contribution in [3.63, 3.8) is 0 Å². The number of amides is 1. The first-order chi connectivity index (χ1) is 12.9. The van der Waals surface area contributed by atoms with E-state index in [0.717, 1.165) is 30.3 Å². The van der Waals surface area contributed by atoms with Crippen molar-refractivity contribution >= 4 is 29.3 Å². The predicted molar refractivity (Wildman–Crippen MR) is 110 cm³/mol. The van der Waals surface area contributed by atoms with Crippen LogP contribution in [0.5, 0.6) is 0 Å². The van der Waals surface area contributed by atoms with Crippen molar-refractivity contribution in [2.24, 2.45) is 31.7 Å². The second kappa shape index (κ2) is 7.75. The summed E-state index contributed by atoms with van der Waals surface area (Å²) in [6.45, 7) is 0.0892. The molecule has 154 valence electrons. The maximum atomic E-state index is 12.7. The summed E-state index contributed by atoms with van der Waals surface area (Å²) in [6.07, 6.45) is 7.08. The number of hydrogen-bond donors (Lipinski definition) is 2. The van der Waals surface area contributed by atoms with E-state index in [9.17, 15) is 14.4 Å². The average molecular weight is 410 g/mol. The number of nitrogens with two attached hydrogens (primary N) is 1. The van der Waals surface area contributed by atoms with Crippen molar-refractivity contribution in [2.75, 3.05) is 0 Å². The maximum absolute atomic E-state index is 12.7. The minimum Gasteiger partial charge on any atom is -0.351 e. The van der Waals surface area contributed by atoms with Crippen LogP contribution in [-0.4, -0.2) is 31.7 Å². The van der Waals surface area contributed by atoms with E-state index < -0.39 is 5.69 Å². The summed E-state index contributed by atoms with van der Waals surface area (Å²) < 4.78 is 4.18. The molecule has 2 aromatic heterocycles. The molecule has 2 atom stereocenters. The van der Waals surface area contributed by atoms with Gasteiger partial charge < -0.3 is 15.6 Å². The SMILES string of the molecule is Cl.Cn1c(=O)c2ccn(CC(=O)NC3C4CCCC3CC(N)C4)c2n(C)c1=O. The molecule has 2 unspecified atom stereocenters. The molecule has 0 saturated heterocycles.